The molecule has 144 valence electrons. The molecular formula is C20H12F3N5O. The number of benzene rings is 1. The molecule has 0 atom stereocenters. The lowest BCUT2D eigenvalue weighted by atomic mass is 10.2. The summed E-state index contributed by atoms with van der Waals surface area (Å²) >= 11 is 0. The van der Waals surface area contributed by atoms with Crippen molar-refractivity contribution in [3.63, 3.8) is 0 Å². The lowest BCUT2D eigenvalue weighted by Gasteiger charge is -2.08. The van der Waals surface area contributed by atoms with Gasteiger partial charge in [0.1, 0.15) is 0 Å². The maximum Gasteiger partial charge on any atom is 0.470 e. The average molecular weight is 395 g/mol. The summed E-state index contributed by atoms with van der Waals surface area (Å²) in [6.07, 6.45) is -0.236. The van der Waals surface area contributed by atoms with Gasteiger partial charge < -0.3 is 8.98 Å². The van der Waals surface area contributed by atoms with Gasteiger partial charge in [0, 0.05) is 23.7 Å². The number of alkyl halides is 3. The van der Waals surface area contributed by atoms with E-state index in [1.165, 1.54) is 6.08 Å². The molecule has 1 aromatic carbocycles. The molecule has 0 amide bonds. The maximum atomic E-state index is 12.5. The Labute approximate surface area is 162 Å². The highest BCUT2D eigenvalue weighted by atomic mass is 19.4. The van der Waals surface area contributed by atoms with Crippen LogP contribution < -0.4 is 0 Å². The van der Waals surface area contributed by atoms with E-state index in [0.29, 0.717) is 11.1 Å². The van der Waals surface area contributed by atoms with Crippen LogP contribution in [0.4, 0.5) is 13.2 Å². The van der Waals surface area contributed by atoms with E-state index in [0.717, 1.165) is 22.4 Å². The molecule has 3 heterocycles. The minimum Gasteiger partial charge on any atom is -0.413 e. The molecule has 4 aromatic rings. The Kier molecular flexibility index (Phi) is 4.39. The van der Waals surface area contributed by atoms with Crippen molar-refractivity contribution in [2.24, 2.45) is 0 Å². The first-order chi connectivity index (χ1) is 13.8. The summed E-state index contributed by atoms with van der Waals surface area (Å²) in [6.45, 7) is 1.94. The highest BCUT2D eigenvalue weighted by Crippen LogP contribution is 2.28. The Morgan fingerprint density at radius 3 is 2.52 bits per heavy atom. The van der Waals surface area contributed by atoms with Crippen LogP contribution >= 0.6 is 0 Å². The van der Waals surface area contributed by atoms with E-state index in [1.54, 1.807) is 24.4 Å². The molecule has 0 aliphatic carbocycles. The van der Waals surface area contributed by atoms with E-state index in [4.69, 9.17) is 5.26 Å². The Morgan fingerprint density at radius 2 is 1.86 bits per heavy atom. The third kappa shape index (κ3) is 3.60. The van der Waals surface area contributed by atoms with Crippen molar-refractivity contribution < 1.29 is 17.6 Å². The number of fused-ring (bicyclic) bond motifs is 1. The predicted molar refractivity (Wildman–Crippen MR) is 98.7 cm³/mol. The number of nitrogens with zero attached hydrogens (tertiary/aromatic N) is 5. The van der Waals surface area contributed by atoms with E-state index in [-0.39, 0.29) is 5.89 Å². The van der Waals surface area contributed by atoms with Crippen molar-refractivity contribution in [2.75, 3.05) is 0 Å². The minimum absolute atomic E-state index is 0.254. The molecule has 0 radical (unpaired) electrons. The maximum absolute atomic E-state index is 12.5. The van der Waals surface area contributed by atoms with Crippen LogP contribution in [0.5, 0.6) is 0 Å². The summed E-state index contributed by atoms with van der Waals surface area (Å²) in [5.74, 6) is -1.65. The van der Waals surface area contributed by atoms with Gasteiger partial charge in [0.15, 0.2) is 0 Å². The van der Waals surface area contributed by atoms with Gasteiger partial charge in [0.2, 0.25) is 5.89 Å². The molecule has 0 saturated carbocycles. The van der Waals surface area contributed by atoms with E-state index in [2.05, 4.69) is 25.7 Å². The summed E-state index contributed by atoms with van der Waals surface area (Å²) in [7, 11) is 0. The van der Waals surface area contributed by atoms with Crippen LogP contribution in [0.1, 0.15) is 28.6 Å². The second-order valence-corrected chi connectivity index (χ2v) is 6.23. The van der Waals surface area contributed by atoms with Gasteiger partial charge in [-0.25, -0.2) is 0 Å². The number of hydrogen-bond acceptors (Lipinski definition) is 5. The molecule has 0 aliphatic rings. The van der Waals surface area contributed by atoms with Crippen LogP contribution in [-0.2, 0) is 6.18 Å². The van der Waals surface area contributed by atoms with Crippen LogP contribution in [-0.4, -0.2) is 19.7 Å². The number of nitriles is 1. The molecular weight excluding hydrogens is 383 g/mol. The average Bonchev–Trinajstić information content (AvgIpc) is 3.30. The number of pyridine rings is 1. The first-order valence-electron chi connectivity index (χ1n) is 8.42. The SMILES string of the molecule is Cc1cc2ncc(/C=C/c3nnc(C(F)(F)F)o3)cc2n1-c1ccc(C#N)cc1. The van der Waals surface area contributed by atoms with Gasteiger partial charge in [0.25, 0.3) is 0 Å². The fourth-order valence-electron chi connectivity index (χ4n) is 2.92. The second-order valence-electron chi connectivity index (χ2n) is 6.23. The molecule has 0 unspecified atom stereocenters. The fraction of sp³-hybridized carbons (Fsp3) is 0.100. The van der Waals surface area contributed by atoms with Gasteiger partial charge in [-0.05, 0) is 55.0 Å². The molecule has 4 rings (SSSR count). The predicted octanol–water partition coefficient (Wildman–Crippen LogP) is 4.78. The summed E-state index contributed by atoms with van der Waals surface area (Å²) in [6, 6.07) is 13.0. The quantitative estimate of drug-likeness (QED) is 0.499. The van der Waals surface area contributed by atoms with Crippen LogP contribution in [0.3, 0.4) is 0 Å². The highest BCUT2D eigenvalue weighted by Gasteiger charge is 2.37. The van der Waals surface area contributed by atoms with Gasteiger partial charge in [0.05, 0.1) is 22.7 Å². The summed E-state index contributed by atoms with van der Waals surface area (Å²) < 4.78 is 44.2. The Hall–Kier alpha value is -3.93. The topological polar surface area (TPSA) is 80.5 Å². The summed E-state index contributed by atoms with van der Waals surface area (Å²) in [4.78, 5) is 4.41. The molecule has 0 bridgehead atoms. The van der Waals surface area contributed by atoms with Crippen LogP contribution in [0.25, 0.3) is 28.9 Å². The molecule has 0 spiro atoms. The minimum atomic E-state index is -4.68. The molecule has 6 nitrogen and oxygen atoms in total. The van der Waals surface area contributed by atoms with Gasteiger partial charge in [-0.2, -0.15) is 18.4 Å². The number of halogens is 3. The summed E-state index contributed by atoms with van der Waals surface area (Å²) in [5.41, 5.74) is 4.60. The zero-order valence-electron chi connectivity index (χ0n) is 15.0. The Morgan fingerprint density at radius 1 is 1.10 bits per heavy atom. The van der Waals surface area contributed by atoms with Crippen molar-refractivity contribution in [3.05, 3.63) is 71.2 Å². The molecule has 3 aromatic heterocycles. The van der Waals surface area contributed by atoms with Gasteiger partial charge in [-0.1, -0.05) is 0 Å². The highest BCUT2D eigenvalue weighted by molar-refractivity contribution is 5.82. The third-order valence-electron chi connectivity index (χ3n) is 4.21. The molecule has 0 fully saturated rings. The van der Waals surface area contributed by atoms with Crippen molar-refractivity contribution >= 4 is 23.2 Å². The van der Waals surface area contributed by atoms with Crippen molar-refractivity contribution in [3.8, 4) is 11.8 Å². The standard InChI is InChI=1S/C20H12F3N5O/c1-12-8-16-17(28(12)15-5-2-13(10-24)3-6-15)9-14(11-25-16)4-7-18-26-27-19(29-18)20(21,22)23/h2-9,11H,1H3/b7-4+. The normalized spacial score (nSPS) is 12.0. The van der Waals surface area contributed by atoms with Crippen LogP contribution in [0, 0.1) is 18.3 Å². The molecule has 0 saturated heterocycles. The fourth-order valence-corrected chi connectivity index (χ4v) is 2.92. The largest absolute Gasteiger partial charge is 0.470 e. The monoisotopic (exact) mass is 395 g/mol. The third-order valence-corrected chi connectivity index (χ3v) is 4.21. The number of aromatic nitrogens is 4. The Balaban J connectivity index is 1.70. The van der Waals surface area contributed by atoms with Gasteiger partial charge in [-0.15, -0.1) is 10.2 Å². The van der Waals surface area contributed by atoms with Gasteiger partial charge >= 0.3 is 12.1 Å². The first kappa shape index (κ1) is 18.4. The number of hydrogen-bond donors (Lipinski definition) is 0. The number of rotatable bonds is 3. The first-order valence-corrected chi connectivity index (χ1v) is 8.42. The van der Waals surface area contributed by atoms with E-state index < -0.39 is 12.1 Å². The van der Waals surface area contributed by atoms with Crippen LogP contribution in [0.2, 0.25) is 0 Å². The van der Waals surface area contributed by atoms with E-state index in [9.17, 15) is 13.2 Å². The second kappa shape index (κ2) is 6.91. The molecule has 0 N–H and O–H groups in total. The lowest BCUT2D eigenvalue weighted by Crippen LogP contribution is -2.04. The van der Waals surface area contributed by atoms with E-state index in [1.807, 2.05) is 35.8 Å². The Bertz CT molecular complexity index is 1260. The smallest absolute Gasteiger partial charge is 0.413 e. The van der Waals surface area contributed by atoms with E-state index >= 15 is 0 Å². The molecule has 29 heavy (non-hydrogen) atoms. The van der Waals surface area contributed by atoms with Crippen molar-refractivity contribution in [2.45, 2.75) is 13.1 Å². The van der Waals surface area contributed by atoms with Crippen molar-refractivity contribution in [1.29, 1.82) is 5.26 Å². The van der Waals surface area contributed by atoms with Gasteiger partial charge in [-0.3, -0.25) is 4.98 Å². The molecule has 9 heteroatoms. The molecule has 0 aliphatic heterocycles. The number of aryl methyl sites for hydroxylation is 1. The van der Waals surface area contributed by atoms with Crippen LogP contribution in [0.15, 0.2) is 47.0 Å². The zero-order chi connectivity index (χ0) is 20.6. The lowest BCUT2D eigenvalue weighted by molar-refractivity contribution is -0.157. The van der Waals surface area contributed by atoms with Crippen molar-refractivity contribution in [1.82, 2.24) is 19.7 Å². The summed E-state index contributed by atoms with van der Waals surface area (Å²) in [5, 5.41) is 15.3. The zero-order valence-corrected chi connectivity index (χ0v) is 15.0.